The summed E-state index contributed by atoms with van der Waals surface area (Å²) in [7, 11) is 0. The Balaban J connectivity index is 2.86. The van der Waals surface area contributed by atoms with Crippen molar-refractivity contribution in [2.75, 3.05) is 0 Å². The van der Waals surface area contributed by atoms with Crippen LogP contribution in [-0.4, -0.2) is 14.9 Å². The molecule has 16 heavy (non-hydrogen) atoms. The van der Waals surface area contributed by atoms with Gasteiger partial charge in [0.25, 0.3) is 5.56 Å². The van der Waals surface area contributed by atoms with Crippen molar-refractivity contribution >= 4 is 16.5 Å². The second-order valence-corrected chi connectivity index (χ2v) is 3.51. The summed E-state index contributed by atoms with van der Waals surface area (Å²) >= 11 is 0. The summed E-state index contributed by atoms with van der Waals surface area (Å²) < 4.78 is 1.15. The number of benzene rings is 1. The van der Waals surface area contributed by atoms with Crippen LogP contribution < -0.4 is 5.56 Å². The van der Waals surface area contributed by atoms with Gasteiger partial charge in [0, 0.05) is 5.70 Å². The van der Waals surface area contributed by atoms with Crippen molar-refractivity contribution in [3.63, 3.8) is 0 Å². The molecule has 1 N–H and O–H groups in total. The number of hydrogen-bond acceptors (Lipinski definition) is 3. The van der Waals surface area contributed by atoms with Crippen LogP contribution >= 0.6 is 0 Å². The molecule has 0 aliphatic carbocycles. The maximum Gasteiger partial charge on any atom is 0.279 e. The lowest BCUT2D eigenvalue weighted by Crippen LogP contribution is -2.21. The quantitative estimate of drug-likeness (QED) is 0.835. The highest BCUT2D eigenvalue weighted by atomic mass is 16.3. The minimum absolute atomic E-state index is 0.148. The van der Waals surface area contributed by atoms with Crippen molar-refractivity contribution in [3.8, 4) is 5.88 Å². The molecule has 0 aliphatic rings. The minimum atomic E-state index is -0.250. The summed E-state index contributed by atoms with van der Waals surface area (Å²) in [5.74, 6) is -0.148. The van der Waals surface area contributed by atoms with E-state index >= 15 is 0 Å². The summed E-state index contributed by atoms with van der Waals surface area (Å²) in [5.41, 5.74) is 0.311. The normalized spacial score (nSPS) is 10.6. The Bertz CT molecular complexity index is 614. The van der Waals surface area contributed by atoms with Gasteiger partial charge in [-0.3, -0.25) is 4.79 Å². The molecule has 0 bridgehead atoms. The average Bonchev–Trinajstić information content (AvgIpc) is 2.33. The maximum atomic E-state index is 12.0. The van der Waals surface area contributed by atoms with Crippen molar-refractivity contribution < 1.29 is 5.11 Å². The predicted molar refractivity (Wildman–Crippen MR) is 63.3 cm³/mol. The standard InChI is InChI=1S/C12H12N2O2/c1-3-8(2)14-12(16)10-7-5-4-6-9(10)11(15)13-14/h4-7H,2-3H2,1H3,(H,13,15). The number of aromatic hydroxyl groups is 1. The largest absolute Gasteiger partial charge is 0.492 e. The summed E-state index contributed by atoms with van der Waals surface area (Å²) in [4.78, 5) is 12.0. The first-order valence-corrected chi connectivity index (χ1v) is 5.04. The van der Waals surface area contributed by atoms with Crippen LogP contribution in [0.2, 0.25) is 0 Å². The Kier molecular flexibility index (Phi) is 2.48. The molecule has 0 amide bonds. The molecule has 1 heterocycles. The lowest BCUT2D eigenvalue weighted by atomic mass is 10.2. The van der Waals surface area contributed by atoms with Gasteiger partial charge >= 0.3 is 0 Å². The Morgan fingerprint density at radius 2 is 2.06 bits per heavy atom. The van der Waals surface area contributed by atoms with E-state index in [0.717, 1.165) is 4.68 Å². The van der Waals surface area contributed by atoms with Gasteiger partial charge in [-0.15, -0.1) is 5.10 Å². The summed E-state index contributed by atoms with van der Waals surface area (Å²) in [6, 6.07) is 6.83. The van der Waals surface area contributed by atoms with E-state index in [0.29, 0.717) is 22.9 Å². The number of rotatable bonds is 2. The number of aromatic nitrogens is 2. The van der Waals surface area contributed by atoms with E-state index < -0.39 is 0 Å². The van der Waals surface area contributed by atoms with E-state index in [-0.39, 0.29) is 11.4 Å². The predicted octanol–water partition coefficient (Wildman–Crippen LogP) is 1.98. The zero-order valence-corrected chi connectivity index (χ0v) is 8.97. The molecule has 82 valence electrons. The monoisotopic (exact) mass is 216 g/mol. The topological polar surface area (TPSA) is 55.1 Å². The molecule has 1 aromatic carbocycles. The van der Waals surface area contributed by atoms with Crippen molar-refractivity contribution in [2.24, 2.45) is 0 Å². The van der Waals surface area contributed by atoms with Crippen LogP contribution in [-0.2, 0) is 0 Å². The average molecular weight is 216 g/mol. The summed E-state index contributed by atoms with van der Waals surface area (Å²) in [6.07, 6.45) is 0.602. The highest BCUT2D eigenvalue weighted by molar-refractivity contribution is 5.85. The Morgan fingerprint density at radius 1 is 1.44 bits per heavy atom. The molecular formula is C12H12N2O2. The fourth-order valence-corrected chi connectivity index (χ4v) is 1.54. The van der Waals surface area contributed by atoms with Crippen LogP contribution in [0, 0.1) is 0 Å². The molecule has 0 unspecified atom stereocenters. The molecule has 0 atom stereocenters. The van der Waals surface area contributed by atoms with Crippen molar-refractivity contribution in [3.05, 3.63) is 41.2 Å². The molecule has 0 aliphatic heterocycles. The minimum Gasteiger partial charge on any atom is -0.492 e. The SMILES string of the molecule is C=C(CC)n1nc(O)c2ccccc2c1=O. The first-order chi connectivity index (χ1) is 7.65. The van der Waals surface area contributed by atoms with Gasteiger partial charge in [0.05, 0.1) is 10.8 Å². The molecule has 0 radical (unpaired) electrons. The molecule has 0 saturated carbocycles. The van der Waals surface area contributed by atoms with E-state index in [1.807, 2.05) is 6.92 Å². The number of hydrogen-bond donors (Lipinski definition) is 1. The van der Waals surface area contributed by atoms with Gasteiger partial charge in [-0.05, 0) is 18.6 Å². The zero-order valence-electron chi connectivity index (χ0n) is 8.97. The molecular weight excluding hydrogens is 204 g/mol. The van der Waals surface area contributed by atoms with Crippen LogP contribution in [0.3, 0.4) is 0 Å². The molecule has 0 saturated heterocycles. The lowest BCUT2D eigenvalue weighted by Gasteiger charge is -2.07. The van der Waals surface area contributed by atoms with E-state index in [1.54, 1.807) is 24.3 Å². The smallest absolute Gasteiger partial charge is 0.279 e. The third-order valence-corrected chi connectivity index (χ3v) is 2.49. The van der Waals surface area contributed by atoms with Gasteiger partial charge in [-0.1, -0.05) is 25.6 Å². The highest BCUT2D eigenvalue weighted by Crippen LogP contribution is 2.19. The maximum absolute atomic E-state index is 12.0. The van der Waals surface area contributed by atoms with E-state index in [2.05, 4.69) is 11.7 Å². The van der Waals surface area contributed by atoms with E-state index in [4.69, 9.17) is 0 Å². The molecule has 0 fully saturated rings. The van der Waals surface area contributed by atoms with Gasteiger partial charge in [-0.2, -0.15) is 4.68 Å². The van der Waals surface area contributed by atoms with Crippen molar-refractivity contribution in [1.82, 2.24) is 9.78 Å². The molecule has 0 spiro atoms. The number of fused-ring (bicyclic) bond motifs is 1. The second-order valence-electron chi connectivity index (χ2n) is 3.51. The van der Waals surface area contributed by atoms with E-state index in [1.165, 1.54) is 0 Å². The molecule has 1 aromatic heterocycles. The Morgan fingerprint density at radius 3 is 2.69 bits per heavy atom. The van der Waals surface area contributed by atoms with Gasteiger partial charge in [0.1, 0.15) is 0 Å². The van der Waals surface area contributed by atoms with Crippen LogP contribution in [0.25, 0.3) is 16.5 Å². The highest BCUT2D eigenvalue weighted by Gasteiger charge is 2.09. The van der Waals surface area contributed by atoms with Crippen LogP contribution in [0.15, 0.2) is 35.6 Å². The third kappa shape index (κ3) is 1.48. The molecule has 4 heteroatoms. The van der Waals surface area contributed by atoms with E-state index in [9.17, 15) is 9.90 Å². The van der Waals surface area contributed by atoms with Gasteiger partial charge in [0.2, 0.25) is 5.88 Å². The number of allylic oxidation sites excluding steroid dienone is 1. The molecule has 4 nitrogen and oxygen atoms in total. The number of nitrogens with zero attached hydrogens (tertiary/aromatic N) is 2. The second kappa shape index (κ2) is 3.81. The van der Waals surface area contributed by atoms with Crippen molar-refractivity contribution in [2.45, 2.75) is 13.3 Å². The van der Waals surface area contributed by atoms with Crippen LogP contribution in [0.4, 0.5) is 0 Å². The van der Waals surface area contributed by atoms with Gasteiger partial charge < -0.3 is 5.11 Å². The fourth-order valence-electron chi connectivity index (χ4n) is 1.54. The Labute approximate surface area is 92.5 Å². The lowest BCUT2D eigenvalue weighted by molar-refractivity contribution is 0.444. The van der Waals surface area contributed by atoms with Crippen LogP contribution in [0.5, 0.6) is 5.88 Å². The molecule has 2 rings (SSSR count). The van der Waals surface area contributed by atoms with Crippen LogP contribution in [0.1, 0.15) is 13.3 Å². The third-order valence-electron chi connectivity index (χ3n) is 2.49. The Hall–Kier alpha value is -2.10. The molecule has 2 aromatic rings. The van der Waals surface area contributed by atoms with Crippen molar-refractivity contribution in [1.29, 1.82) is 0 Å². The van der Waals surface area contributed by atoms with Gasteiger partial charge in [-0.25, -0.2) is 0 Å². The first kappa shape index (κ1) is 10.4. The first-order valence-electron chi connectivity index (χ1n) is 5.04. The van der Waals surface area contributed by atoms with Gasteiger partial charge in [0.15, 0.2) is 0 Å². The summed E-state index contributed by atoms with van der Waals surface area (Å²) in [5, 5.41) is 14.5. The fraction of sp³-hybridized carbons (Fsp3) is 0.167. The summed E-state index contributed by atoms with van der Waals surface area (Å²) in [6.45, 7) is 5.62. The zero-order chi connectivity index (χ0) is 11.7.